The Morgan fingerprint density at radius 3 is 2.79 bits per heavy atom. The van der Waals surface area contributed by atoms with Crippen LogP contribution in [0.15, 0.2) is 29.1 Å². The van der Waals surface area contributed by atoms with Crippen LogP contribution in [0.2, 0.25) is 0 Å². The van der Waals surface area contributed by atoms with Gasteiger partial charge in [0, 0.05) is 31.1 Å². The number of hydrogen-bond acceptors (Lipinski definition) is 4. The molecule has 2 atom stereocenters. The summed E-state index contributed by atoms with van der Waals surface area (Å²) in [5.74, 6) is -0.181. The number of hydrogen-bond donors (Lipinski definition) is 1. The number of aromatic nitrogens is 2. The first-order chi connectivity index (χ1) is 11.6. The largest absolute Gasteiger partial charge is 0.346 e. The van der Waals surface area contributed by atoms with Crippen LogP contribution in [0.4, 0.5) is 0 Å². The molecule has 2 aliphatic heterocycles. The molecule has 2 aliphatic rings. The fraction of sp³-hybridized carbons (Fsp3) is 0.500. The van der Waals surface area contributed by atoms with Gasteiger partial charge in [0.1, 0.15) is 0 Å². The Morgan fingerprint density at radius 1 is 1.17 bits per heavy atom. The molecule has 2 saturated heterocycles. The number of piperidine rings is 1. The third-order valence-corrected chi connectivity index (χ3v) is 5.34. The van der Waals surface area contributed by atoms with Crippen molar-refractivity contribution in [2.75, 3.05) is 13.1 Å². The number of nitrogens with zero attached hydrogens (tertiary/aromatic N) is 3. The molecule has 0 radical (unpaired) electrons. The van der Waals surface area contributed by atoms with Crippen LogP contribution in [-0.4, -0.2) is 45.8 Å². The summed E-state index contributed by atoms with van der Waals surface area (Å²) < 4.78 is 1.25. The first kappa shape index (κ1) is 15.3. The highest BCUT2D eigenvalue weighted by molar-refractivity contribution is 6.04. The number of nitrogens with one attached hydrogen (secondary N) is 1. The van der Waals surface area contributed by atoms with E-state index in [0.717, 1.165) is 25.9 Å². The highest BCUT2D eigenvalue weighted by Crippen LogP contribution is 2.27. The van der Waals surface area contributed by atoms with E-state index in [9.17, 15) is 9.59 Å². The average Bonchev–Trinajstić information content (AvgIpc) is 3.01. The topological polar surface area (TPSA) is 67.2 Å². The van der Waals surface area contributed by atoms with E-state index >= 15 is 0 Å². The van der Waals surface area contributed by atoms with Crippen molar-refractivity contribution in [3.63, 3.8) is 0 Å². The normalized spacial score (nSPS) is 24.0. The van der Waals surface area contributed by atoms with Gasteiger partial charge in [0.05, 0.1) is 5.39 Å². The van der Waals surface area contributed by atoms with Gasteiger partial charge < -0.3 is 5.32 Å². The van der Waals surface area contributed by atoms with Crippen molar-refractivity contribution in [2.24, 2.45) is 7.05 Å². The number of carbonyl (C=O) groups excluding carboxylic acids is 1. The van der Waals surface area contributed by atoms with Crippen LogP contribution >= 0.6 is 0 Å². The van der Waals surface area contributed by atoms with E-state index < -0.39 is 0 Å². The van der Waals surface area contributed by atoms with Gasteiger partial charge >= 0.3 is 0 Å². The van der Waals surface area contributed by atoms with E-state index in [1.165, 1.54) is 17.5 Å². The second-order valence-electron chi connectivity index (χ2n) is 6.79. The van der Waals surface area contributed by atoms with Crippen LogP contribution < -0.4 is 10.9 Å². The Morgan fingerprint density at radius 2 is 1.96 bits per heavy atom. The summed E-state index contributed by atoms with van der Waals surface area (Å²) in [7, 11) is 1.59. The van der Waals surface area contributed by atoms with E-state index in [4.69, 9.17) is 0 Å². The van der Waals surface area contributed by atoms with E-state index in [-0.39, 0.29) is 17.5 Å². The number of rotatable bonds is 2. The quantitative estimate of drug-likeness (QED) is 0.903. The Labute approximate surface area is 140 Å². The van der Waals surface area contributed by atoms with E-state index in [2.05, 4.69) is 15.3 Å². The third kappa shape index (κ3) is 2.51. The lowest BCUT2D eigenvalue weighted by Crippen LogP contribution is -2.47. The second kappa shape index (κ2) is 6.02. The van der Waals surface area contributed by atoms with Crippen LogP contribution in [0.3, 0.4) is 0 Å². The molecule has 4 rings (SSSR count). The lowest BCUT2D eigenvalue weighted by Gasteiger charge is -2.32. The molecule has 1 aromatic heterocycles. The van der Waals surface area contributed by atoms with Gasteiger partial charge in [-0.3, -0.25) is 14.5 Å². The fourth-order valence-corrected chi connectivity index (χ4v) is 4.12. The zero-order chi connectivity index (χ0) is 16.7. The summed E-state index contributed by atoms with van der Waals surface area (Å²) in [6.07, 6.45) is 4.62. The van der Waals surface area contributed by atoms with Crippen molar-refractivity contribution in [3.05, 3.63) is 40.3 Å². The van der Waals surface area contributed by atoms with Crippen LogP contribution in [0, 0.1) is 0 Å². The van der Waals surface area contributed by atoms with Crippen molar-refractivity contribution >= 4 is 16.7 Å². The Balaban J connectivity index is 1.64. The standard InChI is InChI=1S/C18H22N4O2/c1-21-18(24)13-7-3-2-6-12(13)16(20-21)17(23)19-14-9-11-22-10-5-4-8-15(14)22/h2-3,6-7,14-15H,4-5,8-11H2,1H3,(H,19,23)/t14-,15+/m0/s1. The number of amides is 1. The molecule has 0 saturated carbocycles. The van der Waals surface area contributed by atoms with Crippen molar-refractivity contribution in [3.8, 4) is 0 Å². The van der Waals surface area contributed by atoms with Crippen LogP contribution in [-0.2, 0) is 7.05 Å². The molecule has 1 aromatic carbocycles. The SMILES string of the molecule is Cn1nc(C(=O)N[C@H]2CCN3CCCC[C@H]23)c2ccccc2c1=O. The summed E-state index contributed by atoms with van der Waals surface area (Å²) in [5, 5.41) is 8.56. The predicted octanol–water partition coefficient (Wildman–Crippen LogP) is 1.29. The van der Waals surface area contributed by atoms with Crippen molar-refractivity contribution in [1.29, 1.82) is 0 Å². The highest BCUT2D eigenvalue weighted by Gasteiger charge is 2.36. The molecule has 6 heteroatoms. The van der Waals surface area contributed by atoms with Gasteiger partial charge in [0.15, 0.2) is 5.69 Å². The van der Waals surface area contributed by atoms with Gasteiger partial charge in [-0.2, -0.15) is 5.10 Å². The molecular weight excluding hydrogens is 304 g/mol. The number of carbonyl (C=O) groups is 1. The summed E-state index contributed by atoms with van der Waals surface area (Å²) in [4.78, 5) is 27.5. The number of aryl methyl sites for hydroxylation is 1. The molecule has 3 heterocycles. The summed E-state index contributed by atoms with van der Waals surface area (Å²) >= 11 is 0. The molecule has 2 fully saturated rings. The lowest BCUT2D eigenvalue weighted by atomic mass is 9.99. The average molecular weight is 326 g/mol. The number of benzene rings is 1. The van der Waals surface area contributed by atoms with Crippen molar-refractivity contribution < 1.29 is 4.79 Å². The molecule has 0 bridgehead atoms. The molecular formula is C18H22N4O2. The minimum Gasteiger partial charge on any atom is -0.346 e. The molecule has 2 aromatic rings. The van der Waals surface area contributed by atoms with Gasteiger partial charge in [-0.25, -0.2) is 4.68 Å². The van der Waals surface area contributed by atoms with Gasteiger partial charge in [0.2, 0.25) is 0 Å². The van der Waals surface area contributed by atoms with Gasteiger partial charge in [-0.05, 0) is 31.9 Å². The maximum absolute atomic E-state index is 12.8. The van der Waals surface area contributed by atoms with E-state index in [1.54, 1.807) is 19.2 Å². The smallest absolute Gasteiger partial charge is 0.274 e. The van der Waals surface area contributed by atoms with Crippen LogP contribution in [0.5, 0.6) is 0 Å². The van der Waals surface area contributed by atoms with Gasteiger partial charge in [-0.15, -0.1) is 0 Å². The Hall–Kier alpha value is -2.21. The van der Waals surface area contributed by atoms with Crippen LogP contribution in [0.25, 0.3) is 10.8 Å². The maximum atomic E-state index is 12.8. The second-order valence-corrected chi connectivity index (χ2v) is 6.79. The Kier molecular flexibility index (Phi) is 3.84. The highest BCUT2D eigenvalue weighted by atomic mass is 16.2. The monoisotopic (exact) mass is 326 g/mol. The maximum Gasteiger partial charge on any atom is 0.274 e. The summed E-state index contributed by atoms with van der Waals surface area (Å²) in [6.45, 7) is 2.19. The van der Waals surface area contributed by atoms with Crippen molar-refractivity contribution in [1.82, 2.24) is 20.0 Å². The first-order valence-electron chi connectivity index (χ1n) is 8.66. The summed E-state index contributed by atoms with van der Waals surface area (Å²) in [5.41, 5.74) is 0.156. The van der Waals surface area contributed by atoms with E-state index in [0.29, 0.717) is 22.5 Å². The molecule has 126 valence electrons. The van der Waals surface area contributed by atoms with Gasteiger partial charge in [-0.1, -0.05) is 24.6 Å². The molecule has 0 unspecified atom stereocenters. The zero-order valence-electron chi connectivity index (χ0n) is 13.9. The molecule has 24 heavy (non-hydrogen) atoms. The van der Waals surface area contributed by atoms with Gasteiger partial charge in [0.25, 0.3) is 11.5 Å². The molecule has 0 aliphatic carbocycles. The summed E-state index contributed by atoms with van der Waals surface area (Å²) in [6, 6.07) is 7.80. The predicted molar refractivity (Wildman–Crippen MR) is 92.1 cm³/mol. The minimum atomic E-state index is -0.181. The molecule has 1 N–H and O–H groups in total. The van der Waals surface area contributed by atoms with Crippen molar-refractivity contribution in [2.45, 2.75) is 37.8 Å². The molecule has 0 spiro atoms. The number of fused-ring (bicyclic) bond motifs is 2. The van der Waals surface area contributed by atoms with Crippen LogP contribution in [0.1, 0.15) is 36.2 Å². The third-order valence-electron chi connectivity index (χ3n) is 5.34. The zero-order valence-corrected chi connectivity index (χ0v) is 13.9. The Bertz CT molecular complexity index is 845. The molecule has 6 nitrogen and oxygen atoms in total. The molecule has 1 amide bonds. The van der Waals surface area contributed by atoms with E-state index in [1.807, 2.05) is 12.1 Å². The lowest BCUT2D eigenvalue weighted by molar-refractivity contribution is 0.0910. The minimum absolute atomic E-state index is 0.176. The fourth-order valence-electron chi connectivity index (χ4n) is 4.12. The first-order valence-corrected chi connectivity index (χ1v) is 8.66.